The van der Waals surface area contributed by atoms with Crippen LogP contribution in [0.1, 0.15) is 30.9 Å². The van der Waals surface area contributed by atoms with E-state index < -0.39 is 0 Å². The molecule has 1 atom stereocenters. The van der Waals surface area contributed by atoms with Gasteiger partial charge in [-0.15, -0.1) is 0 Å². The second kappa shape index (κ2) is 6.46. The van der Waals surface area contributed by atoms with E-state index in [-0.39, 0.29) is 12.7 Å². The topological polar surface area (TPSA) is 41.9 Å². The molecule has 20 heavy (non-hydrogen) atoms. The normalized spacial score (nSPS) is 17.9. The first kappa shape index (κ1) is 15.1. The maximum atomic E-state index is 8.96. The molecular formula is C16H25NO3. The number of hydrogen-bond donors (Lipinski definition) is 1. The summed E-state index contributed by atoms with van der Waals surface area (Å²) in [4.78, 5) is 2.06. The zero-order chi connectivity index (χ0) is 14.7. The molecule has 4 heteroatoms. The van der Waals surface area contributed by atoms with Gasteiger partial charge in [0.2, 0.25) is 0 Å². The lowest BCUT2D eigenvalue weighted by Crippen LogP contribution is -2.40. The van der Waals surface area contributed by atoms with E-state index in [4.69, 9.17) is 14.6 Å². The van der Waals surface area contributed by atoms with Gasteiger partial charge in [-0.1, -0.05) is 26.0 Å². The van der Waals surface area contributed by atoms with Crippen LogP contribution < -0.4 is 9.47 Å². The van der Waals surface area contributed by atoms with Crippen LogP contribution in [0.2, 0.25) is 0 Å². The van der Waals surface area contributed by atoms with Crippen LogP contribution in [0.25, 0.3) is 0 Å². The van der Waals surface area contributed by atoms with Crippen molar-refractivity contribution in [1.82, 2.24) is 4.90 Å². The summed E-state index contributed by atoms with van der Waals surface area (Å²) in [5, 5.41) is 8.96. The lowest BCUT2D eigenvalue weighted by atomic mass is 9.99. The van der Waals surface area contributed by atoms with Crippen molar-refractivity contribution < 1.29 is 14.6 Å². The molecule has 0 saturated heterocycles. The maximum Gasteiger partial charge on any atom is 0.165 e. The number of likely N-dealkylation sites (N-methyl/N-ethyl adjacent to an activating group) is 1. The predicted molar refractivity (Wildman–Crippen MR) is 79.8 cm³/mol. The first-order valence-corrected chi connectivity index (χ1v) is 7.25. The fraction of sp³-hybridized carbons (Fsp3) is 0.625. The number of rotatable bonds is 5. The molecule has 2 rings (SSSR count). The Morgan fingerprint density at radius 2 is 2.10 bits per heavy atom. The Bertz CT molecular complexity index is 459. The Balaban J connectivity index is 2.17. The number of aliphatic hydroxyl groups excluding tert-OH is 1. The van der Waals surface area contributed by atoms with Crippen LogP contribution in [0.3, 0.4) is 0 Å². The summed E-state index contributed by atoms with van der Waals surface area (Å²) in [6.45, 7) is 8.50. The van der Waals surface area contributed by atoms with Crippen molar-refractivity contribution in [1.29, 1.82) is 0 Å². The fourth-order valence-corrected chi connectivity index (χ4v) is 2.51. The highest BCUT2D eigenvalue weighted by Crippen LogP contribution is 2.41. The van der Waals surface area contributed by atoms with E-state index in [1.165, 1.54) is 5.56 Å². The Morgan fingerprint density at radius 3 is 2.75 bits per heavy atom. The molecule has 0 spiro atoms. The van der Waals surface area contributed by atoms with Crippen LogP contribution in [0.15, 0.2) is 12.1 Å². The largest absolute Gasteiger partial charge is 0.485 e. The van der Waals surface area contributed by atoms with Crippen molar-refractivity contribution in [2.45, 2.75) is 32.8 Å². The molecule has 1 aromatic rings. The zero-order valence-corrected chi connectivity index (χ0v) is 12.8. The van der Waals surface area contributed by atoms with E-state index in [1.54, 1.807) is 0 Å². The second-order valence-corrected chi connectivity index (χ2v) is 5.82. The maximum absolute atomic E-state index is 8.96. The number of ether oxygens (including phenoxy) is 2. The molecule has 1 N–H and O–H groups in total. The van der Waals surface area contributed by atoms with Crippen molar-refractivity contribution in [3.63, 3.8) is 0 Å². The van der Waals surface area contributed by atoms with Crippen molar-refractivity contribution in [2.24, 2.45) is 0 Å². The van der Waals surface area contributed by atoms with Gasteiger partial charge in [-0.05, 0) is 25.5 Å². The SMILES string of the molecule is Cc1ccc(C(C)C)c2c1OCC(CN(C)CCO)O2. The molecule has 0 aliphatic carbocycles. The van der Waals surface area contributed by atoms with Gasteiger partial charge >= 0.3 is 0 Å². The van der Waals surface area contributed by atoms with Gasteiger partial charge in [-0.3, -0.25) is 0 Å². The number of aliphatic hydroxyl groups is 1. The summed E-state index contributed by atoms with van der Waals surface area (Å²) in [5.74, 6) is 2.19. The monoisotopic (exact) mass is 279 g/mol. The minimum absolute atomic E-state index is 0.0124. The van der Waals surface area contributed by atoms with Crippen molar-refractivity contribution >= 4 is 0 Å². The minimum Gasteiger partial charge on any atom is -0.485 e. The zero-order valence-electron chi connectivity index (χ0n) is 12.8. The van der Waals surface area contributed by atoms with Crippen molar-refractivity contribution in [2.75, 3.05) is 33.4 Å². The highest BCUT2D eigenvalue weighted by molar-refractivity contribution is 5.53. The number of benzene rings is 1. The Kier molecular flexibility index (Phi) is 4.89. The molecule has 112 valence electrons. The molecule has 0 saturated carbocycles. The highest BCUT2D eigenvalue weighted by atomic mass is 16.6. The van der Waals surface area contributed by atoms with E-state index in [1.807, 2.05) is 14.0 Å². The molecule has 0 amide bonds. The second-order valence-electron chi connectivity index (χ2n) is 5.82. The van der Waals surface area contributed by atoms with Gasteiger partial charge in [-0.25, -0.2) is 0 Å². The summed E-state index contributed by atoms with van der Waals surface area (Å²) in [5.41, 5.74) is 2.31. The van der Waals surface area contributed by atoms with E-state index in [0.29, 0.717) is 19.1 Å². The van der Waals surface area contributed by atoms with Gasteiger partial charge in [0, 0.05) is 18.7 Å². The summed E-state index contributed by atoms with van der Waals surface area (Å²) < 4.78 is 12.1. The average Bonchev–Trinajstić information content (AvgIpc) is 2.38. The molecule has 1 aliphatic heterocycles. The third kappa shape index (κ3) is 3.25. The van der Waals surface area contributed by atoms with Crippen LogP contribution in [0.4, 0.5) is 0 Å². The van der Waals surface area contributed by atoms with Gasteiger partial charge in [0.05, 0.1) is 6.61 Å². The smallest absolute Gasteiger partial charge is 0.165 e. The Labute approximate surface area is 121 Å². The number of fused-ring (bicyclic) bond motifs is 1. The predicted octanol–water partition coefficient (Wildman–Crippen LogP) is 2.18. The summed E-state index contributed by atoms with van der Waals surface area (Å²) in [6.07, 6.45) is 0.0124. The van der Waals surface area contributed by atoms with Crippen LogP contribution in [0.5, 0.6) is 11.5 Å². The molecular weight excluding hydrogens is 254 g/mol. The summed E-state index contributed by atoms with van der Waals surface area (Å²) >= 11 is 0. The lowest BCUT2D eigenvalue weighted by molar-refractivity contribution is 0.0595. The van der Waals surface area contributed by atoms with E-state index in [0.717, 1.165) is 23.6 Å². The van der Waals surface area contributed by atoms with Crippen LogP contribution in [-0.4, -0.2) is 49.5 Å². The van der Waals surface area contributed by atoms with E-state index in [9.17, 15) is 0 Å². The quantitative estimate of drug-likeness (QED) is 0.897. The van der Waals surface area contributed by atoms with Crippen LogP contribution in [-0.2, 0) is 0 Å². The van der Waals surface area contributed by atoms with Gasteiger partial charge in [0.15, 0.2) is 11.5 Å². The number of hydrogen-bond acceptors (Lipinski definition) is 4. The fourth-order valence-electron chi connectivity index (χ4n) is 2.51. The van der Waals surface area contributed by atoms with E-state index >= 15 is 0 Å². The summed E-state index contributed by atoms with van der Waals surface area (Å²) in [6, 6.07) is 4.22. The van der Waals surface area contributed by atoms with Gasteiger partial charge < -0.3 is 19.5 Å². The van der Waals surface area contributed by atoms with Crippen molar-refractivity contribution in [3.05, 3.63) is 23.3 Å². The average molecular weight is 279 g/mol. The summed E-state index contributed by atoms with van der Waals surface area (Å²) in [7, 11) is 1.98. The van der Waals surface area contributed by atoms with Crippen LogP contribution >= 0.6 is 0 Å². The van der Waals surface area contributed by atoms with Gasteiger partial charge in [0.1, 0.15) is 12.7 Å². The van der Waals surface area contributed by atoms with Crippen LogP contribution in [0, 0.1) is 6.92 Å². The third-order valence-electron chi connectivity index (χ3n) is 3.66. The van der Waals surface area contributed by atoms with Crippen molar-refractivity contribution in [3.8, 4) is 11.5 Å². The standard InChI is InChI=1S/C16H25NO3/c1-11(2)14-6-5-12(3)15-16(14)20-13(10-19-15)9-17(4)7-8-18/h5-6,11,13,18H,7-10H2,1-4H3. The molecule has 1 aromatic carbocycles. The number of nitrogens with zero attached hydrogens (tertiary/aromatic N) is 1. The molecule has 0 bridgehead atoms. The highest BCUT2D eigenvalue weighted by Gasteiger charge is 2.26. The molecule has 4 nitrogen and oxygen atoms in total. The molecule has 0 aromatic heterocycles. The van der Waals surface area contributed by atoms with Gasteiger partial charge in [0.25, 0.3) is 0 Å². The Hall–Kier alpha value is -1.26. The molecule has 1 aliphatic rings. The molecule has 1 unspecified atom stereocenters. The van der Waals surface area contributed by atoms with Gasteiger partial charge in [-0.2, -0.15) is 0 Å². The lowest BCUT2D eigenvalue weighted by Gasteiger charge is -2.32. The third-order valence-corrected chi connectivity index (χ3v) is 3.66. The molecule has 1 heterocycles. The first-order valence-electron chi connectivity index (χ1n) is 7.25. The molecule has 0 radical (unpaired) electrons. The first-order chi connectivity index (χ1) is 9.52. The van der Waals surface area contributed by atoms with E-state index in [2.05, 4.69) is 30.9 Å². The molecule has 0 fully saturated rings. The minimum atomic E-state index is 0.0124. The number of aryl methyl sites for hydroxylation is 1. The Morgan fingerprint density at radius 1 is 1.35 bits per heavy atom.